The van der Waals surface area contributed by atoms with Gasteiger partial charge < -0.3 is 9.47 Å². The molecule has 0 atom stereocenters. The van der Waals surface area contributed by atoms with Gasteiger partial charge in [-0.3, -0.25) is 0 Å². The van der Waals surface area contributed by atoms with Gasteiger partial charge >= 0.3 is 0 Å². The minimum atomic E-state index is -0.273. The number of benzene rings is 2. The highest BCUT2D eigenvalue weighted by Gasteiger charge is 2.05. The van der Waals surface area contributed by atoms with E-state index < -0.39 is 0 Å². The first-order valence-corrected chi connectivity index (χ1v) is 6.34. The van der Waals surface area contributed by atoms with Crippen LogP contribution < -0.4 is 9.47 Å². The molecule has 4 heteroatoms. The summed E-state index contributed by atoms with van der Waals surface area (Å²) in [6.07, 6.45) is 3.08. The second-order valence-corrected chi connectivity index (χ2v) is 4.29. The van der Waals surface area contributed by atoms with Gasteiger partial charge in [0.2, 0.25) is 0 Å². The summed E-state index contributed by atoms with van der Waals surface area (Å²) < 4.78 is 23.8. The van der Waals surface area contributed by atoms with E-state index in [4.69, 9.17) is 14.7 Å². The topological polar surface area (TPSA) is 42.2 Å². The molecule has 2 aromatic rings. The summed E-state index contributed by atoms with van der Waals surface area (Å²) in [5, 5.41) is 8.52. The van der Waals surface area contributed by atoms with Crippen LogP contribution in [-0.4, -0.2) is 7.11 Å². The zero-order valence-electron chi connectivity index (χ0n) is 11.5. The molecule has 0 radical (unpaired) electrons. The molecule has 0 fully saturated rings. The third-order valence-corrected chi connectivity index (χ3v) is 2.85. The Morgan fingerprint density at radius 1 is 1.14 bits per heavy atom. The van der Waals surface area contributed by atoms with Crippen molar-refractivity contribution in [1.82, 2.24) is 0 Å². The molecule has 0 unspecified atom stereocenters. The summed E-state index contributed by atoms with van der Waals surface area (Å²) in [5.74, 6) is 0.901. The summed E-state index contributed by atoms with van der Waals surface area (Å²) in [6.45, 7) is 0.323. The van der Waals surface area contributed by atoms with Crippen molar-refractivity contribution in [2.75, 3.05) is 7.11 Å². The summed E-state index contributed by atoms with van der Waals surface area (Å²) in [4.78, 5) is 0. The highest BCUT2D eigenvalue weighted by Crippen LogP contribution is 2.29. The highest BCUT2D eigenvalue weighted by molar-refractivity contribution is 5.57. The Hall–Kier alpha value is -2.80. The number of allylic oxidation sites excluding steroid dienone is 1. The molecule has 0 spiro atoms. The Balaban J connectivity index is 2.10. The Kier molecular flexibility index (Phi) is 4.94. The van der Waals surface area contributed by atoms with Gasteiger partial charge in [-0.1, -0.05) is 18.2 Å². The number of hydrogen-bond donors (Lipinski definition) is 0. The van der Waals surface area contributed by atoms with Crippen molar-refractivity contribution >= 4 is 6.08 Å². The van der Waals surface area contributed by atoms with Gasteiger partial charge in [0.05, 0.1) is 13.2 Å². The number of nitriles is 1. The fourth-order valence-electron chi connectivity index (χ4n) is 1.78. The van der Waals surface area contributed by atoms with Crippen LogP contribution in [0.2, 0.25) is 0 Å². The third-order valence-electron chi connectivity index (χ3n) is 2.85. The van der Waals surface area contributed by atoms with Crippen molar-refractivity contribution in [3.8, 4) is 17.6 Å². The first kappa shape index (κ1) is 14.6. The van der Waals surface area contributed by atoms with Crippen molar-refractivity contribution in [1.29, 1.82) is 5.26 Å². The number of rotatable bonds is 5. The molecule has 2 aromatic carbocycles. The summed E-state index contributed by atoms with van der Waals surface area (Å²) in [7, 11) is 1.55. The molecule has 0 bridgehead atoms. The summed E-state index contributed by atoms with van der Waals surface area (Å²) >= 11 is 0. The van der Waals surface area contributed by atoms with E-state index >= 15 is 0 Å². The second kappa shape index (κ2) is 7.11. The number of nitrogens with zero attached hydrogens (tertiary/aromatic N) is 1. The standard InChI is InChI=1S/C17H14FNO2/c1-20-17-11-13(3-2-10-19)6-9-16(17)21-12-14-4-7-15(18)8-5-14/h2-9,11H,12H2,1H3. The molecule has 106 valence electrons. The van der Waals surface area contributed by atoms with Gasteiger partial charge in [-0.25, -0.2) is 4.39 Å². The van der Waals surface area contributed by atoms with Gasteiger partial charge in [-0.2, -0.15) is 5.26 Å². The van der Waals surface area contributed by atoms with Gasteiger partial charge in [0, 0.05) is 6.08 Å². The minimum Gasteiger partial charge on any atom is -0.493 e. The lowest BCUT2D eigenvalue weighted by Gasteiger charge is -2.11. The van der Waals surface area contributed by atoms with E-state index in [9.17, 15) is 4.39 Å². The summed E-state index contributed by atoms with van der Waals surface area (Å²) in [6, 6.07) is 13.5. The van der Waals surface area contributed by atoms with Crippen LogP contribution in [0.3, 0.4) is 0 Å². The minimum absolute atomic E-state index is 0.273. The predicted molar refractivity (Wildman–Crippen MR) is 78.4 cm³/mol. The van der Waals surface area contributed by atoms with E-state index in [-0.39, 0.29) is 5.82 Å². The second-order valence-electron chi connectivity index (χ2n) is 4.29. The molecular formula is C17H14FNO2. The molecular weight excluding hydrogens is 269 g/mol. The monoisotopic (exact) mass is 283 g/mol. The fraction of sp³-hybridized carbons (Fsp3) is 0.118. The maximum Gasteiger partial charge on any atom is 0.161 e. The SMILES string of the molecule is COc1cc(C=CC#N)ccc1OCc1ccc(F)cc1. The van der Waals surface area contributed by atoms with E-state index in [1.807, 2.05) is 12.1 Å². The molecule has 3 nitrogen and oxygen atoms in total. The van der Waals surface area contributed by atoms with Gasteiger partial charge in [-0.05, 0) is 41.5 Å². The molecule has 0 aliphatic rings. The number of methoxy groups -OCH3 is 1. The van der Waals surface area contributed by atoms with Crippen LogP contribution in [0, 0.1) is 17.1 Å². The Morgan fingerprint density at radius 2 is 1.90 bits per heavy atom. The number of hydrogen-bond acceptors (Lipinski definition) is 3. The average Bonchev–Trinajstić information content (AvgIpc) is 2.52. The molecule has 0 saturated carbocycles. The van der Waals surface area contributed by atoms with Gasteiger partial charge in [0.15, 0.2) is 11.5 Å². The van der Waals surface area contributed by atoms with E-state index in [0.29, 0.717) is 18.1 Å². The highest BCUT2D eigenvalue weighted by atomic mass is 19.1. The van der Waals surface area contributed by atoms with Gasteiger partial charge in [-0.15, -0.1) is 0 Å². The zero-order valence-corrected chi connectivity index (χ0v) is 11.5. The molecule has 0 amide bonds. The lowest BCUT2D eigenvalue weighted by Crippen LogP contribution is -1.98. The van der Waals surface area contributed by atoms with Crippen molar-refractivity contribution in [2.45, 2.75) is 6.61 Å². The Bertz CT molecular complexity index is 672. The predicted octanol–water partition coefficient (Wildman–Crippen LogP) is 3.95. The first-order valence-electron chi connectivity index (χ1n) is 6.34. The Morgan fingerprint density at radius 3 is 2.57 bits per heavy atom. The van der Waals surface area contributed by atoms with Crippen LogP contribution in [0.5, 0.6) is 11.5 Å². The smallest absolute Gasteiger partial charge is 0.161 e. The molecule has 0 aromatic heterocycles. The molecule has 2 rings (SSSR count). The molecule has 0 N–H and O–H groups in total. The van der Waals surface area contributed by atoms with Crippen molar-refractivity contribution in [3.05, 3.63) is 65.5 Å². The number of ether oxygens (including phenoxy) is 2. The molecule has 21 heavy (non-hydrogen) atoms. The molecule has 0 aliphatic heterocycles. The summed E-state index contributed by atoms with van der Waals surface area (Å²) in [5.41, 5.74) is 1.72. The van der Waals surface area contributed by atoms with Gasteiger partial charge in [0.1, 0.15) is 12.4 Å². The number of halogens is 1. The van der Waals surface area contributed by atoms with Gasteiger partial charge in [0.25, 0.3) is 0 Å². The van der Waals surface area contributed by atoms with Crippen LogP contribution in [0.15, 0.2) is 48.5 Å². The zero-order chi connectivity index (χ0) is 15.1. The average molecular weight is 283 g/mol. The van der Waals surface area contributed by atoms with E-state index in [1.165, 1.54) is 18.2 Å². The molecule has 0 heterocycles. The maximum absolute atomic E-state index is 12.8. The quantitative estimate of drug-likeness (QED) is 0.780. The van der Waals surface area contributed by atoms with Crippen molar-refractivity contribution < 1.29 is 13.9 Å². The molecule has 0 aliphatic carbocycles. The van der Waals surface area contributed by atoms with Crippen LogP contribution in [0.4, 0.5) is 4.39 Å². The molecule has 0 saturated heterocycles. The maximum atomic E-state index is 12.8. The lowest BCUT2D eigenvalue weighted by atomic mass is 10.2. The van der Waals surface area contributed by atoms with Crippen LogP contribution in [0.1, 0.15) is 11.1 Å². The normalized spacial score (nSPS) is 10.3. The van der Waals surface area contributed by atoms with E-state index in [0.717, 1.165) is 11.1 Å². The fourth-order valence-corrected chi connectivity index (χ4v) is 1.78. The van der Waals surface area contributed by atoms with Crippen LogP contribution in [0.25, 0.3) is 6.08 Å². The van der Waals surface area contributed by atoms with E-state index in [2.05, 4.69) is 0 Å². The van der Waals surface area contributed by atoms with Crippen LogP contribution in [-0.2, 0) is 6.61 Å². The van der Waals surface area contributed by atoms with Crippen LogP contribution >= 0.6 is 0 Å². The van der Waals surface area contributed by atoms with Crippen molar-refractivity contribution in [3.63, 3.8) is 0 Å². The van der Waals surface area contributed by atoms with E-state index in [1.54, 1.807) is 37.5 Å². The van der Waals surface area contributed by atoms with Crippen molar-refractivity contribution in [2.24, 2.45) is 0 Å². The third kappa shape index (κ3) is 4.08. The Labute approximate surface area is 122 Å². The lowest BCUT2D eigenvalue weighted by molar-refractivity contribution is 0.284. The first-order chi connectivity index (χ1) is 10.2. The largest absolute Gasteiger partial charge is 0.493 e.